The van der Waals surface area contributed by atoms with Crippen LogP contribution < -0.4 is 0 Å². The molecule has 0 amide bonds. The fraction of sp³-hybridized carbons (Fsp3) is 1.00. The summed E-state index contributed by atoms with van der Waals surface area (Å²) in [6.07, 6.45) is 0. The highest BCUT2D eigenvalue weighted by molar-refractivity contribution is 7.26. The minimum absolute atomic E-state index is 0.163. The highest BCUT2D eigenvalue weighted by Crippen LogP contribution is 2.80. The van der Waals surface area contributed by atoms with Crippen LogP contribution in [0.4, 0.5) is 0 Å². The summed E-state index contributed by atoms with van der Waals surface area (Å²) < 4.78 is 0.367. The summed E-state index contributed by atoms with van der Waals surface area (Å²) in [6.45, 7) is 49.6. The summed E-state index contributed by atoms with van der Waals surface area (Å²) >= 11 is 7.58. The smallest absolute Gasteiger partial charge is 0.155 e. The van der Waals surface area contributed by atoms with Crippen LogP contribution in [-0.2, 0) is 0 Å². The van der Waals surface area contributed by atoms with E-state index >= 15 is 0 Å². The van der Waals surface area contributed by atoms with Crippen LogP contribution >= 0.6 is 11.1 Å². The van der Waals surface area contributed by atoms with E-state index < -0.39 is 31.6 Å². The molecule has 0 nitrogen and oxygen atoms in total. The molecule has 0 aromatic heterocycles. The summed E-state index contributed by atoms with van der Waals surface area (Å²) in [5.41, 5.74) is 0. The highest BCUT2D eigenvalue weighted by Gasteiger charge is 2.78. The maximum atomic E-state index is 7.58. The van der Waals surface area contributed by atoms with E-state index in [1.165, 1.54) is 0 Å². The lowest BCUT2D eigenvalue weighted by molar-refractivity contribution is 0.525. The average molecular weight is 494 g/mol. The molecule has 0 spiro atoms. The topological polar surface area (TPSA) is 0 Å². The summed E-state index contributed by atoms with van der Waals surface area (Å²) in [5, 5.41) is 1.14. The first-order chi connectivity index (χ1) is 12.0. The number of hydrogen-bond acceptors (Lipinski definition) is 0. The van der Waals surface area contributed by atoms with Crippen LogP contribution in [-0.4, -0.2) is 31.6 Å². The van der Waals surface area contributed by atoms with E-state index in [4.69, 9.17) is 11.1 Å². The van der Waals surface area contributed by atoms with E-state index in [1.54, 1.807) is 0 Å². The molecule has 0 saturated heterocycles. The third-order valence-electron chi connectivity index (χ3n) is 10.9. The second-order valence-electron chi connectivity index (χ2n) is 15.5. The van der Waals surface area contributed by atoms with Gasteiger partial charge in [0.05, 0.1) is 24.2 Å². The lowest BCUT2D eigenvalue weighted by atomic mass is 10.2. The van der Waals surface area contributed by atoms with Gasteiger partial charge in [0, 0.05) is 0 Å². The standard InChI is InChI=1S/C24H57ClSi4/c1-20(2,3)26(12,13)24(23(10,11)29(18,19)25,27(14,15)21(4,5)6)28(16,17)22(7,8)9/h1-19H3. The quantitative estimate of drug-likeness (QED) is 0.264. The van der Waals surface area contributed by atoms with Crippen molar-refractivity contribution in [2.24, 2.45) is 0 Å². The van der Waals surface area contributed by atoms with Gasteiger partial charge < -0.3 is 0 Å². The molecule has 0 rings (SSSR count). The van der Waals surface area contributed by atoms with Crippen LogP contribution in [0.25, 0.3) is 0 Å². The first kappa shape index (κ1) is 30.2. The number of hydrogen-bond donors (Lipinski definition) is 0. The maximum absolute atomic E-state index is 7.58. The van der Waals surface area contributed by atoms with Gasteiger partial charge in [-0.3, -0.25) is 0 Å². The second kappa shape index (κ2) is 7.60. The Bertz CT molecular complexity index is 479. The van der Waals surface area contributed by atoms with Gasteiger partial charge in [0.25, 0.3) is 0 Å². The lowest BCUT2D eigenvalue weighted by Crippen LogP contribution is -2.79. The molecule has 0 bridgehead atoms. The molecule has 0 aliphatic rings. The van der Waals surface area contributed by atoms with E-state index in [0.29, 0.717) is 19.4 Å². The third kappa shape index (κ3) is 4.02. The molecule has 0 aromatic carbocycles. The van der Waals surface area contributed by atoms with Crippen LogP contribution in [0.5, 0.6) is 0 Å². The van der Waals surface area contributed by atoms with E-state index in [-0.39, 0.29) is 5.04 Å². The zero-order valence-corrected chi connectivity index (χ0v) is 28.6. The van der Waals surface area contributed by atoms with Crippen molar-refractivity contribution < 1.29 is 0 Å². The molecule has 0 saturated carbocycles. The van der Waals surface area contributed by atoms with Gasteiger partial charge in [-0.15, -0.1) is 0 Å². The second-order valence-corrected chi connectivity index (χ2v) is 40.5. The summed E-state index contributed by atoms with van der Waals surface area (Å²) in [7, 11) is -7.55. The van der Waals surface area contributed by atoms with Gasteiger partial charge in [-0.25, -0.2) is 0 Å². The molecule has 0 radical (unpaired) electrons. The first-order valence-electron chi connectivity index (χ1n) is 11.7. The van der Waals surface area contributed by atoms with Crippen molar-refractivity contribution in [3.63, 3.8) is 0 Å². The highest BCUT2D eigenvalue weighted by atomic mass is 35.6. The Kier molecular flexibility index (Phi) is 7.90. The fourth-order valence-electron chi connectivity index (χ4n) is 6.82. The lowest BCUT2D eigenvalue weighted by Gasteiger charge is -2.77. The molecule has 0 atom stereocenters. The molecule has 0 aromatic rings. The molecule has 0 N–H and O–H groups in total. The van der Waals surface area contributed by atoms with Crippen LogP contribution in [0.15, 0.2) is 0 Å². The van der Waals surface area contributed by atoms with Gasteiger partial charge in [0.15, 0.2) is 7.38 Å². The Morgan fingerprint density at radius 3 is 0.690 bits per heavy atom. The number of rotatable bonds is 5. The SMILES string of the molecule is CC(C)(C([Si](C)(C)C(C)(C)C)([Si](C)(C)C(C)(C)C)[Si](C)(C)C(C)(C)C)[Si](C)(C)Cl. The van der Waals surface area contributed by atoms with Gasteiger partial charge in [0.2, 0.25) is 0 Å². The number of halogens is 1. The normalized spacial score (nSPS) is 17.0. The van der Waals surface area contributed by atoms with E-state index in [2.05, 4.69) is 129 Å². The van der Waals surface area contributed by atoms with E-state index in [9.17, 15) is 0 Å². The third-order valence-corrected chi connectivity index (χ3v) is 46.4. The summed E-state index contributed by atoms with van der Waals surface area (Å²) in [5.74, 6) is 0. The molecule has 0 aliphatic carbocycles. The van der Waals surface area contributed by atoms with Gasteiger partial charge in [0.1, 0.15) is 0 Å². The summed E-state index contributed by atoms with van der Waals surface area (Å²) in [4.78, 5) is 0. The predicted octanol–water partition coefficient (Wildman–Crippen LogP) is 10.6. The van der Waals surface area contributed by atoms with Gasteiger partial charge in [-0.2, -0.15) is 11.1 Å². The molecule has 0 fully saturated rings. The van der Waals surface area contributed by atoms with Crippen LogP contribution in [0.1, 0.15) is 76.2 Å². The van der Waals surface area contributed by atoms with Gasteiger partial charge in [-0.05, 0) is 24.4 Å². The van der Waals surface area contributed by atoms with Crippen LogP contribution in [0, 0.1) is 0 Å². The molecule has 0 unspecified atom stereocenters. The Labute approximate surface area is 195 Å². The summed E-state index contributed by atoms with van der Waals surface area (Å²) in [6, 6.07) is 0. The van der Waals surface area contributed by atoms with Crippen molar-refractivity contribution in [3.05, 3.63) is 0 Å². The first-order valence-corrected chi connectivity index (χ1v) is 24.7. The monoisotopic (exact) mass is 492 g/mol. The fourth-order valence-corrected chi connectivity index (χ4v) is 48.0. The Morgan fingerprint density at radius 2 is 0.586 bits per heavy atom. The Balaban J connectivity index is 8.26. The Morgan fingerprint density at radius 1 is 0.414 bits per heavy atom. The van der Waals surface area contributed by atoms with Crippen molar-refractivity contribution >= 4 is 42.7 Å². The van der Waals surface area contributed by atoms with Gasteiger partial charge in [-0.1, -0.05) is 129 Å². The molecule has 0 heterocycles. The van der Waals surface area contributed by atoms with Crippen molar-refractivity contribution in [2.45, 2.75) is 153 Å². The maximum Gasteiger partial charge on any atom is 0.155 e. The van der Waals surface area contributed by atoms with Crippen molar-refractivity contribution in [1.82, 2.24) is 0 Å². The molecule has 5 heteroatoms. The van der Waals surface area contributed by atoms with Crippen LogP contribution in [0.2, 0.25) is 76.8 Å². The molecule has 0 aliphatic heterocycles. The van der Waals surface area contributed by atoms with E-state index in [1.807, 2.05) is 0 Å². The average Bonchev–Trinajstić information content (AvgIpc) is 2.31. The van der Waals surface area contributed by atoms with Crippen molar-refractivity contribution in [3.8, 4) is 0 Å². The molecular weight excluding hydrogens is 436 g/mol. The van der Waals surface area contributed by atoms with Crippen LogP contribution in [0.3, 0.4) is 0 Å². The van der Waals surface area contributed by atoms with Crippen molar-refractivity contribution in [1.29, 1.82) is 0 Å². The minimum atomic E-state index is -2.01. The predicted molar refractivity (Wildman–Crippen MR) is 152 cm³/mol. The Hall–Kier alpha value is 1.16. The molecule has 176 valence electrons. The molecule has 29 heavy (non-hydrogen) atoms. The zero-order valence-electron chi connectivity index (χ0n) is 23.9. The largest absolute Gasteiger partial charge is 0.167 e. The minimum Gasteiger partial charge on any atom is -0.167 e. The van der Waals surface area contributed by atoms with Crippen molar-refractivity contribution in [2.75, 3.05) is 0 Å². The zero-order chi connectivity index (χ0) is 24.5. The van der Waals surface area contributed by atoms with E-state index in [0.717, 1.165) is 0 Å². The van der Waals surface area contributed by atoms with Gasteiger partial charge >= 0.3 is 0 Å². The molecular formula is C24H57ClSi4.